The standard InChI is InChI=1S/C15H21BrN2O/c1-2-13(11-7-4-3-5-8-11)18-15(19)14-12(16)9-6-10-17-14/h6,9-11,13H,2-5,7-8H2,1H3,(H,18,19). The smallest absolute Gasteiger partial charge is 0.271 e. The van der Waals surface area contributed by atoms with Gasteiger partial charge in [-0.1, -0.05) is 26.2 Å². The molecule has 0 saturated heterocycles. The Balaban J connectivity index is 2.01. The van der Waals surface area contributed by atoms with Crippen LogP contribution >= 0.6 is 15.9 Å². The molecule has 1 fully saturated rings. The van der Waals surface area contributed by atoms with Crippen LogP contribution in [0.3, 0.4) is 0 Å². The number of amides is 1. The number of carbonyl (C=O) groups excluding carboxylic acids is 1. The van der Waals surface area contributed by atoms with Crippen molar-refractivity contribution >= 4 is 21.8 Å². The summed E-state index contributed by atoms with van der Waals surface area (Å²) in [7, 11) is 0. The minimum atomic E-state index is -0.0649. The van der Waals surface area contributed by atoms with Crippen LogP contribution in [0.4, 0.5) is 0 Å². The fraction of sp³-hybridized carbons (Fsp3) is 0.600. The van der Waals surface area contributed by atoms with Gasteiger partial charge in [-0.2, -0.15) is 0 Å². The molecule has 1 unspecified atom stereocenters. The fourth-order valence-corrected chi connectivity index (χ4v) is 3.31. The number of nitrogens with zero attached hydrogens (tertiary/aromatic N) is 1. The zero-order chi connectivity index (χ0) is 13.7. The lowest BCUT2D eigenvalue weighted by Crippen LogP contribution is -2.41. The van der Waals surface area contributed by atoms with Gasteiger partial charge in [0.15, 0.2) is 0 Å². The highest BCUT2D eigenvalue weighted by molar-refractivity contribution is 9.10. The number of pyridine rings is 1. The van der Waals surface area contributed by atoms with Crippen molar-refractivity contribution in [2.24, 2.45) is 5.92 Å². The Morgan fingerprint density at radius 2 is 2.21 bits per heavy atom. The molecule has 0 aromatic carbocycles. The normalized spacial score (nSPS) is 18.0. The first-order chi connectivity index (χ1) is 9.22. The molecule has 0 spiro atoms. The highest BCUT2D eigenvalue weighted by Crippen LogP contribution is 2.28. The number of carbonyl (C=O) groups is 1. The lowest BCUT2D eigenvalue weighted by molar-refractivity contribution is 0.0905. The van der Waals surface area contributed by atoms with E-state index in [1.807, 2.05) is 12.1 Å². The number of aromatic nitrogens is 1. The first-order valence-electron chi connectivity index (χ1n) is 7.13. The molecule has 19 heavy (non-hydrogen) atoms. The summed E-state index contributed by atoms with van der Waals surface area (Å²) in [5, 5.41) is 3.16. The van der Waals surface area contributed by atoms with Crippen LogP contribution in [-0.2, 0) is 0 Å². The third-order valence-corrected chi connectivity index (χ3v) is 4.59. The molecule has 104 valence electrons. The fourth-order valence-electron chi connectivity index (χ4n) is 2.88. The van der Waals surface area contributed by atoms with Gasteiger partial charge in [-0.15, -0.1) is 0 Å². The van der Waals surface area contributed by atoms with Crippen molar-refractivity contribution in [3.05, 3.63) is 28.5 Å². The summed E-state index contributed by atoms with van der Waals surface area (Å²) in [5.74, 6) is 0.565. The number of nitrogens with one attached hydrogen (secondary N) is 1. The van der Waals surface area contributed by atoms with Crippen molar-refractivity contribution in [1.29, 1.82) is 0 Å². The van der Waals surface area contributed by atoms with E-state index >= 15 is 0 Å². The Kier molecular flexibility index (Phi) is 5.37. The Labute approximate surface area is 123 Å². The zero-order valence-corrected chi connectivity index (χ0v) is 12.9. The van der Waals surface area contributed by atoms with Gasteiger partial charge < -0.3 is 5.32 Å². The summed E-state index contributed by atoms with van der Waals surface area (Å²) in [5.41, 5.74) is 0.483. The van der Waals surface area contributed by atoms with Crippen LogP contribution in [0, 0.1) is 5.92 Å². The summed E-state index contributed by atoms with van der Waals surface area (Å²) in [6.07, 6.45) is 9.05. The second-order valence-electron chi connectivity index (χ2n) is 5.22. The van der Waals surface area contributed by atoms with Crippen LogP contribution in [0.5, 0.6) is 0 Å². The summed E-state index contributed by atoms with van der Waals surface area (Å²) in [6, 6.07) is 3.95. The third-order valence-electron chi connectivity index (χ3n) is 3.95. The van der Waals surface area contributed by atoms with Crippen LogP contribution < -0.4 is 5.32 Å². The molecule has 1 aromatic rings. The predicted octanol–water partition coefficient (Wildman–Crippen LogP) is 3.93. The molecule has 1 N–H and O–H groups in total. The number of rotatable bonds is 4. The lowest BCUT2D eigenvalue weighted by atomic mass is 9.83. The minimum Gasteiger partial charge on any atom is -0.348 e. The average molecular weight is 325 g/mol. The van der Waals surface area contributed by atoms with Crippen molar-refractivity contribution < 1.29 is 4.79 Å². The van der Waals surface area contributed by atoms with Gasteiger partial charge in [0.1, 0.15) is 5.69 Å². The number of hydrogen-bond acceptors (Lipinski definition) is 2. The summed E-state index contributed by atoms with van der Waals surface area (Å²) in [6.45, 7) is 2.15. The van der Waals surface area contributed by atoms with Crippen LogP contribution in [0.25, 0.3) is 0 Å². The molecule has 1 aliphatic carbocycles. The highest BCUT2D eigenvalue weighted by Gasteiger charge is 2.24. The average Bonchev–Trinajstić information content (AvgIpc) is 2.46. The van der Waals surface area contributed by atoms with E-state index in [-0.39, 0.29) is 11.9 Å². The monoisotopic (exact) mass is 324 g/mol. The molecule has 0 aliphatic heterocycles. The van der Waals surface area contributed by atoms with Crippen LogP contribution in [0.15, 0.2) is 22.8 Å². The van der Waals surface area contributed by atoms with Crippen molar-refractivity contribution in [2.75, 3.05) is 0 Å². The largest absolute Gasteiger partial charge is 0.348 e. The summed E-state index contributed by atoms with van der Waals surface area (Å²) >= 11 is 3.38. The molecular formula is C15H21BrN2O. The van der Waals surface area contributed by atoms with Gasteiger partial charge in [-0.05, 0) is 53.2 Å². The SMILES string of the molecule is CCC(NC(=O)c1ncccc1Br)C1CCCCC1. The molecule has 2 rings (SSSR count). The molecule has 1 heterocycles. The Bertz CT molecular complexity index is 430. The van der Waals surface area contributed by atoms with Crippen molar-refractivity contribution in [3.63, 3.8) is 0 Å². The highest BCUT2D eigenvalue weighted by atomic mass is 79.9. The van der Waals surface area contributed by atoms with Gasteiger partial charge in [0, 0.05) is 16.7 Å². The first-order valence-corrected chi connectivity index (χ1v) is 7.93. The summed E-state index contributed by atoms with van der Waals surface area (Å²) in [4.78, 5) is 16.4. The molecule has 1 amide bonds. The van der Waals surface area contributed by atoms with Crippen LogP contribution in [-0.4, -0.2) is 16.9 Å². The van der Waals surface area contributed by atoms with Crippen molar-refractivity contribution in [2.45, 2.75) is 51.5 Å². The van der Waals surface area contributed by atoms with Gasteiger partial charge in [0.25, 0.3) is 5.91 Å². The third kappa shape index (κ3) is 3.78. The van der Waals surface area contributed by atoms with E-state index in [1.165, 1.54) is 32.1 Å². The van der Waals surface area contributed by atoms with Crippen LogP contribution in [0.1, 0.15) is 55.9 Å². The molecule has 1 aromatic heterocycles. The Morgan fingerprint density at radius 1 is 1.47 bits per heavy atom. The van der Waals surface area contributed by atoms with Gasteiger partial charge in [-0.3, -0.25) is 4.79 Å². The van der Waals surface area contributed by atoms with Gasteiger partial charge in [0.05, 0.1) is 0 Å². The van der Waals surface area contributed by atoms with Crippen LogP contribution in [0.2, 0.25) is 0 Å². The molecule has 0 bridgehead atoms. The maximum atomic E-state index is 12.3. The molecule has 3 nitrogen and oxygen atoms in total. The quantitative estimate of drug-likeness (QED) is 0.911. The van der Waals surface area contributed by atoms with Crippen molar-refractivity contribution in [3.8, 4) is 0 Å². The number of hydrogen-bond donors (Lipinski definition) is 1. The first kappa shape index (κ1) is 14.5. The zero-order valence-electron chi connectivity index (χ0n) is 11.4. The van der Waals surface area contributed by atoms with Gasteiger partial charge in [0.2, 0.25) is 0 Å². The van der Waals surface area contributed by atoms with E-state index < -0.39 is 0 Å². The maximum absolute atomic E-state index is 12.3. The van der Waals surface area contributed by atoms with E-state index in [9.17, 15) is 4.79 Å². The minimum absolute atomic E-state index is 0.0649. The second-order valence-corrected chi connectivity index (χ2v) is 6.07. The summed E-state index contributed by atoms with van der Waals surface area (Å²) < 4.78 is 0.756. The molecule has 1 aliphatic rings. The topological polar surface area (TPSA) is 42.0 Å². The molecule has 4 heteroatoms. The van der Waals surface area contributed by atoms with Gasteiger partial charge >= 0.3 is 0 Å². The predicted molar refractivity (Wildman–Crippen MR) is 80.1 cm³/mol. The van der Waals surface area contributed by atoms with E-state index in [4.69, 9.17) is 0 Å². The maximum Gasteiger partial charge on any atom is 0.271 e. The number of halogens is 1. The molecule has 0 radical (unpaired) electrons. The lowest BCUT2D eigenvalue weighted by Gasteiger charge is -2.30. The van der Waals surface area contributed by atoms with Crippen molar-refractivity contribution in [1.82, 2.24) is 10.3 Å². The van der Waals surface area contributed by atoms with E-state index in [0.29, 0.717) is 11.6 Å². The second kappa shape index (κ2) is 7.04. The molecular weight excluding hydrogens is 304 g/mol. The molecule has 1 saturated carbocycles. The van der Waals surface area contributed by atoms with Gasteiger partial charge in [-0.25, -0.2) is 4.98 Å². The van der Waals surface area contributed by atoms with E-state index in [2.05, 4.69) is 33.2 Å². The molecule has 1 atom stereocenters. The Morgan fingerprint density at radius 3 is 2.84 bits per heavy atom. The Hall–Kier alpha value is -0.900. The van der Waals surface area contributed by atoms with E-state index in [1.54, 1.807) is 6.20 Å². The van der Waals surface area contributed by atoms with E-state index in [0.717, 1.165) is 10.9 Å².